The summed E-state index contributed by atoms with van der Waals surface area (Å²) in [6.45, 7) is 12.1. The average Bonchev–Trinajstić information content (AvgIpc) is 3.66. The molecule has 1 aliphatic carbocycles. The Morgan fingerprint density at radius 2 is 1.77 bits per heavy atom. The quantitative estimate of drug-likeness (QED) is 0.184. The van der Waals surface area contributed by atoms with Gasteiger partial charge in [0.15, 0.2) is 5.78 Å². The van der Waals surface area contributed by atoms with Crippen LogP contribution in [0.1, 0.15) is 125 Å². The molecule has 2 fully saturated rings. The normalized spacial score (nSPS) is 18.0. The van der Waals surface area contributed by atoms with Crippen LogP contribution in [-0.2, 0) is 11.2 Å². The van der Waals surface area contributed by atoms with Gasteiger partial charge in [0.2, 0.25) is 5.91 Å². The second kappa shape index (κ2) is 15.7. The fourth-order valence-corrected chi connectivity index (χ4v) is 8.29. The van der Waals surface area contributed by atoms with E-state index in [0.717, 1.165) is 68.0 Å². The fraction of sp³-hybridized carbons (Fsp3) is 0.649. The fourth-order valence-electron chi connectivity index (χ4n) is 7.58. The Labute approximate surface area is 269 Å². The van der Waals surface area contributed by atoms with Crippen LogP contribution in [0.15, 0.2) is 35.7 Å². The number of piperidine rings is 1. The van der Waals surface area contributed by atoms with Gasteiger partial charge >= 0.3 is 0 Å². The standard InChI is InChI=1S/C37H54N4O2S/c1-5-31(6-2)41-34-15-14-28(22-33(34)39-36(41)24-32-13-10-20-44-32)35(42)23-29(21-26(3)4)37(43)38-30-16-18-40(19-17-30)25-27-11-8-7-9-12-27/h10,13-15,20,22,26-27,29-31H,5-9,11-12,16-19,21,23-25H2,1-4H3,(H,38,43)/t29-/m1/s1. The van der Waals surface area contributed by atoms with Gasteiger partial charge in [0.05, 0.1) is 11.0 Å². The van der Waals surface area contributed by atoms with Crippen molar-refractivity contribution in [3.8, 4) is 0 Å². The minimum Gasteiger partial charge on any atom is -0.353 e. The molecule has 44 heavy (non-hydrogen) atoms. The third-order valence-electron chi connectivity index (χ3n) is 10.0. The molecule has 0 spiro atoms. The van der Waals surface area contributed by atoms with E-state index >= 15 is 0 Å². The molecule has 0 bridgehead atoms. The number of aromatic nitrogens is 2. The molecule has 240 valence electrons. The minimum atomic E-state index is -0.310. The van der Waals surface area contributed by atoms with Gasteiger partial charge in [0, 0.05) is 60.9 Å². The minimum absolute atomic E-state index is 0.0342. The van der Waals surface area contributed by atoms with Gasteiger partial charge in [-0.15, -0.1) is 11.3 Å². The zero-order chi connectivity index (χ0) is 31.1. The summed E-state index contributed by atoms with van der Waals surface area (Å²) in [7, 11) is 0. The summed E-state index contributed by atoms with van der Waals surface area (Å²) in [6.07, 6.45) is 12.8. The maximum atomic E-state index is 13.7. The van der Waals surface area contributed by atoms with Gasteiger partial charge in [-0.3, -0.25) is 9.59 Å². The van der Waals surface area contributed by atoms with Crippen LogP contribution >= 0.6 is 11.3 Å². The Hall–Kier alpha value is -2.51. The van der Waals surface area contributed by atoms with Gasteiger partial charge in [-0.1, -0.05) is 53.0 Å². The lowest BCUT2D eigenvalue weighted by molar-refractivity contribution is -0.126. The number of carbonyl (C=O) groups is 2. The Balaban J connectivity index is 1.24. The maximum absolute atomic E-state index is 13.7. The molecule has 0 unspecified atom stereocenters. The molecule has 1 aromatic carbocycles. The van der Waals surface area contributed by atoms with Crippen molar-refractivity contribution in [1.82, 2.24) is 19.8 Å². The highest BCUT2D eigenvalue weighted by Gasteiger charge is 2.29. The van der Waals surface area contributed by atoms with E-state index in [2.05, 4.69) is 66.1 Å². The molecule has 3 heterocycles. The number of rotatable bonds is 14. The number of benzene rings is 1. The zero-order valence-corrected chi connectivity index (χ0v) is 28.3. The molecule has 1 aliphatic heterocycles. The summed E-state index contributed by atoms with van der Waals surface area (Å²) in [5.74, 6) is 2.03. The first-order chi connectivity index (χ1) is 21.3. The number of hydrogen-bond donors (Lipinski definition) is 1. The highest BCUT2D eigenvalue weighted by Crippen LogP contribution is 2.30. The van der Waals surface area contributed by atoms with E-state index < -0.39 is 0 Å². The van der Waals surface area contributed by atoms with Gasteiger partial charge in [0.1, 0.15) is 5.82 Å². The highest BCUT2D eigenvalue weighted by atomic mass is 32.1. The largest absolute Gasteiger partial charge is 0.353 e. The summed E-state index contributed by atoms with van der Waals surface area (Å²) in [4.78, 5) is 36.2. The highest BCUT2D eigenvalue weighted by molar-refractivity contribution is 7.09. The molecule has 2 aromatic heterocycles. The van der Waals surface area contributed by atoms with E-state index in [1.54, 1.807) is 11.3 Å². The van der Waals surface area contributed by atoms with Crippen LogP contribution < -0.4 is 5.32 Å². The van der Waals surface area contributed by atoms with Gasteiger partial charge in [0.25, 0.3) is 0 Å². The van der Waals surface area contributed by atoms with Crippen molar-refractivity contribution in [2.24, 2.45) is 17.8 Å². The van der Waals surface area contributed by atoms with Crippen LogP contribution in [0, 0.1) is 17.8 Å². The summed E-state index contributed by atoms with van der Waals surface area (Å²) in [6, 6.07) is 10.8. The molecule has 2 aliphatic rings. The second-order valence-electron chi connectivity index (χ2n) is 13.9. The molecular formula is C37H54N4O2S. The van der Waals surface area contributed by atoms with E-state index in [1.807, 2.05) is 12.1 Å². The van der Waals surface area contributed by atoms with Gasteiger partial charge in [-0.2, -0.15) is 0 Å². The van der Waals surface area contributed by atoms with Crippen LogP contribution in [0.3, 0.4) is 0 Å². The monoisotopic (exact) mass is 618 g/mol. The van der Waals surface area contributed by atoms with Gasteiger partial charge < -0.3 is 14.8 Å². The van der Waals surface area contributed by atoms with Gasteiger partial charge in [-0.25, -0.2) is 4.98 Å². The lowest BCUT2D eigenvalue weighted by Gasteiger charge is -2.36. The average molecular weight is 619 g/mol. The van der Waals surface area contributed by atoms with Crippen molar-refractivity contribution in [1.29, 1.82) is 0 Å². The summed E-state index contributed by atoms with van der Waals surface area (Å²) < 4.78 is 2.39. The number of thiophene rings is 1. The molecule has 6 nitrogen and oxygen atoms in total. The van der Waals surface area contributed by atoms with E-state index in [-0.39, 0.29) is 30.1 Å². The molecule has 5 rings (SSSR count). The van der Waals surface area contributed by atoms with Crippen molar-refractivity contribution in [2.75, 3.05) is 19.6 Å². The van der Waals surface area contributed by atoms with Crippen molar-refractivity contribution >= 4 is 34.1 Å². The number of likely N-dealkylation sites (tertiary alicyclic amines) is 1. The summed E-state index contributed by atoms with van der Waals surface area (Å²) in [5.41, 5.74) is 2.62. The Morgan fingerprint density at radius 3 is 2.43 bits per heavy atom. The molecule has 1 N–H and O–H groups in total. The van der Waals surface area contributed by atoms with Crippen LogP contribution in [0.25, 0.3) is 11.0 Å². The number of Topliss-reactive ketones (excluding diaryl/α,β-unsaturated/α-hetero) is 1. The van der Waals surface area contributed by atoms with Crippen LogP contribution in [0.4, 0.5) is 0 Å². The summed E-state index contributed by atoms with van der Waals surface area (Å²) >= 11 is 1.76. The third-order valence-corrected chi connectivity index (χ3v) is 10.9. The van der Waals surface area contributed by atoms with E-state index in [9.17, 15) is 9.59 Å². The number of nitrogens with one attached hydrogen (secondary N) is 1. The molecule has 1 atom stereocenters. The van der Waals surface area contributed by atoms with Crippen LogP contribution in [-0.4, -0.2) is 51.8 Å². The van der Waals surface area contributed by atoms with Crippen LogP contribution in [0.2, 0.25) is 0 Å². The zero-order valence-electron chi connectivity index (χ0n) is 27.5. The van der Waals surface area contributed by atoms with Crippen molar-refractivity contribution < 1.29 is 9.59 Å². The molecule has 1 saturated heterocycles. The number of hydrogen-bond acceptors (Lipinski definition) is 5. The Kier molecular flexibility index (Phi) is 11.7. The molecule has 3 aromatic rings. The number of fused-ring (bicyclic) bond motifs is 1. The number of amides is 1. The summed E-state index contributed by atoms with van der Waals surface area (Å²) in [5, 5.41) is 5.47. The number of carbonyl (C=O) groups excluding carboxylic acids is 2. The molecule has 1 saturated carbocycles. The number of ketones is 1. The predicted octanol–water partition coefficient (Wildman–Crippen LogP) is 8.45. The first-order valence-corrected chi connectivity index (χ1v) is 18.3. The maximum Gasteiger partial charge on any atom is 0.223 e. The van der Waals surface area contributed by atoms with Crippen molar-refractivity contribution in [3.63, 3.8) is 0 Å². The second-order valence-corrected chi connectivity index (χ2v) is 14.9. The van der Waals surface area contributed by atoms with Crippen molar-refractivity contribution in [3.05, 3.63) is 52.0 Å². The topological polar surface area (TPSA) is 67.2 Å². The number of nitrogens with zero attached hydrogens (tertiary/aromatic N) is 3. The Bertz CT molecular complexity index is 1350. The lowest BCUT2D eigenvalue weighted by Crippen LogP contribution is -2.47. The molecule has 0 radical (unpaired) electrons. The van der Waals surface area contributed by atoms with Gasteiger partial charge in [-0.05, 0) is 86.4 Å². The lowest BCUT2D eigenvalue weighted by atomic mass is 9.88. The SMILES string of the molecule is CCC(CC)n1c(Cc2cccs2)nc2cc(C(=O)C[C@@H](CC(C)C)C(=O)NC3CCN(CC4CCCCC4)CC3)ccc21. The molecular weight excluding hydrogens is 565 g/mol. The van der Waals surface area contributed by atoms with E-state index in [1.165, 1.54) is 43.5 Å². The third kappa shape index (κ3) is 8.39. The number of imidazole rings is 1. The van der Waals surface area contributed by atoms with E-state index in [4.69, 9.17) is 4.98 Å². The predicted molar refractivity (Wildman–Crippen MR) is 183 cm³/mol. The smallest absolute Gasteiger partial charge is 0.223 e. The van der Waals surface area contributed by atoms with E-state index in [0.29, 0.717) is 23.9 Å². The molecule has 1 amide bonds. The first-order valence-electron chi connectivity index (χ1n) is 17.4. The Morgan fingerprint density at radius 1 is 1.02 bits per heavy atom. The molecule has 7 heteroatoms. The first kappa shape index (κ1) is 32.9. The van der Waals surface area contributed by atoms with Crippen LogP contribution in [0.5, 0.6) is 0 Å². The van der Waals surface area contributed by atoms with Crippen molar-refractivity contribution in [2.45, 2.75) is 117 Å².